The van der Waals surface area contributed by atoms with Crippen LogP contribution < -0.4 is 0 Å². The fourth-order valence-corrected chi connectivity index (χ4v) is 2.79. The van der Waals surface area contributed by atoms with Crippen molar-refractivity contribution in [2.24, 2.45) is 0 Å². The first-order valence-electron chi connectivity index (χ1n) is 5.88. The molecule has 0 heterocycles. The van der Waals surface area contributed by atoms with E-state index >= 15 is 0 Å². The molecule has 0 amide bonds. The number of hydrogen-bond donors (Lipinski definition) is 5. The van der Waals surface area contributed by atoms with E-state index in [4.69, 9.17) is 19.3 Å². The summed E-state index contributed by atoms with van der Waals surface area (Å²) in [5.41, 5.74) is 0. The zero-order chi connectivity index (χ0) is 17.9. The second-order valence-corrected chi connectivity index (χ2v) is 7.41. The maximum atomic E-state index is 10.8. The fourth-order valence-electron chi connectivity index (χ4n) is 1.48. The van der Waals surface area contributed by atoms with E-state index in [1.807, 2.05) is 6.07 Å². The van der Waals surface area contributed by atoms with Crippen molar-refractivity contribution in [3.63, 3.8) is 0 Å². The molecule has 0 fully saturated rings. The number of para-hydroxylation sites is 1. The largest absolute Gasteiger partial charge is 0.508 e. The average molecular weight is 366 g/mol. The van der Waals surface area contributed by atoms with Crippen LogP contribution in [0, 0.1) is 0 Å². The van der Waals surface area contributed by atoms with Gasteiger partial charge in [0.05, 0.1) is 4.91 Å². The molecule has 0 radical (unpaired) electrons. The van der Waals surface area contributed by atoms with Gasteiger partial charge in [0.15, 0.2) is 0 Å². The molecule has 5 N–H and O–H groups in total. The van der Waals surface area contributed by atoms with Gasteiger partial charge in [-0.1, -0.05) is 24.3 Å². The van der Waals surface area contributed by atoms with E-state index in [1.165, 1.54) is 0 Å². The number of benzene rings is 1. The Morgan fingerprint density at radius 2 is 1.52 bits per heavy atom. The summed E-state index contributed by atoms with van der Waals surface area (Å²) in [5, 5.41) is 27.2. The summed E-state index contributed by atoms with van der Waals surface area (Å²) in [4.78, 5) is -4.15. The number of rotatable bonds is 2. The number of aromatic hydroxyl groups is 1. The van der Waals surface area contributed by atoms with Gasteiger partial charge in [-0.2, -0.15) is 16.8 Å². The topological polar surface area (TPSA) is 169 Å². The maximum Gasteiger partial charge on any atom is 0.302 e. The van der Waals surface area contributed by atoms with Gasteiger partial charge in [-0.25, -0.2) is 0 Å². The molecule has 2 unspecified atom stereocenters. The SMILES string of the molecule is O=S(=O)(O)C1=CC(O)(S(=O)(=O)O)C(O)C=C1.Oc1ccccc1. The molecule has 0 aromatic heterocycles. The third kappa shape index (κ3) is 4.86. The molecule has 1 aromatic rings. The Morgan fingerprint density at radius 1 is 1.00 bits per heavy atom. The van der Waals surface area contributed by atoms with Crippen molar-refractivity contribution in [1.82, 2.24) is 0 Å². The van der Waals surface area contributed by atoms with Crippen LogP contribution in [-0.4, -0.2) is 52.3 Å². The van der Waals surface area contributed by atoms with Crippen LogP contribution in [0.2, 0.25) is 0 Å². The lowest BCUT2D eigenvalue weighted by atomic mass is 10.1. The van der Waals surface area contributed by atoms with E-state index in [9.17, 15) is 21.9 Å². The summed E-state index contributed by atoms with van der Waals surface area (Å²) in [6.45, 7) is 0. The average Bonchev–Trinajstić information content (AvgIpc) is 2.41. The highest BCUT2D eigenvalue weighted by molar-refractivity contribution is 7.90. The van der Waals surface area contributed by atoms with Crippen molar-refractivity contribution in [3.8, 4) is 5.75 Å². The van der Waals surface area contributed by atoms with Crippen LogP contribution >= 0.6 is 0 Å². The second-order valence-electron chi connectivity index (χ2n) is 4.39. The van der Waals surface area contributed by atoms with Crippen LogP contribution in [-0.2, 0) is 20.2 Å². The van der Waals surface area contributed by atoms with E-state index in [2.05, 4.69) is 0 Å². The van der Waals surface area contributed by atoms with Gasteiger partial charge in [-0.05, 0) is 24.3 Å². The molecule has 1 aromatic carbocycles. The number of aliphatic hydroxyl groups excluding tert-OH is 1. The molecule has 1 aliphatic rings. The zero-order valence-corrected chi connectivity index (χ0v) is 13.0. The van der Waals surface area contributed by atoms with Crippen molar-refractivity contribution >= 4 is 20.2 Å². The summed E-state index contributed by atoms with van der Waals surface area (Å²) < 4.78 is 60.2. The molecular weight excluding hydrogens is 352 g/mol. The van der Waals surface area contributed by atoms with Crippen molar-refractivity contribution in [2.45, 2.75) is 11.0 Å². The van der Waals surface area contributed by atoms with Crippen LogP contribution in [0.5, 0.6) is 5.75 Å². The van der Waals surface area contributed by atoms with Gasteiger partial charge >= 0.3 is 10.1 Å². The molecule has 0 saturated heterocycles. The van der Waals surface area contributed by atoms with E-state index in [1.54, 1.807) is 24.3 Å². The summed E-state index contributed by atoms with van der Waals surface area (Å²) in [6.07, 6.45) is -0.605. The van der Waals surface area contributed by atoms with E-state index in [-0.39, 0.29) is 6.08 Å². The lowest BCUT2D eigenvalue weighted by Crippen LogP contribution is -2.48. The minimum absolute atomic E-state index is 0.141. The highest BCUT2D eigenvalue weighted by Crippen LogP contribution is 2.28. The molecule has 0 saturated carbocycles. The van der Waals surface area contributed by atoms with Gasteiger partial charge in [-0.15, -0.1) is 0 Å². The molecule has 0 aliphatic heterocycles. The Hall–Kier alpha value is -1.76. The standard InChI is InChI=1S/C6H8O8S2.C6H6O/c7-5-2-1-4(15(9,10)11)3-6(5,8)16(12,13)14;7-6-4-2-1-3-5-6/h1-3,5,7-8H,(H,9,10,11)(H,12,13,14);1-5,7H. The lowest BCUT2D eigenvalue weighted by Gasteiger charge is -2.27. The number of hydrogen-bond acceptors (Lipinski definition) is 7. The predicted octanol–water partition coefficient (Wildman–Crippen LogP) is -0.343. The number of allylic oxidation sites excluding steroid dienone is 1. The number of aliphatic hydroxyl groups is 2. The van der Waals surface area contributed by atoms with Gasteiger partial charge in [-0.3, -0.25) is 9.11 Å². The Balaban J connectivity index is 0.000000313. The zero-order valence-electron chi connectivity index (χ0n) is 11.4. The molecule has 1 aliphatic carbocycles. The normalized spacial score (nSPS) is 24.3. The van der Waals surface area contributed by atoms with Crippen LogP contribution in [0.25, 0.3) is 0 Å². The third-order valence-corrected chi connectivity index (χ3v) is 4.72. The second kappa shape index (κ2) is 6.78. The molecule has 2 atom stereocenters. The van der Waals surface area contributed by atoms with Gasteiger partial charge in [0.1, 0.15) is 11.9 Å². The van der Waals surface area contributed by atoms with Crippen molar-refractivity contribution in [2.75, 3.05) is 0 Å². The fraction of sp³-hybridized carbons (Fsp3) is 0.167. The Bertz CT molecular complexity index is 809. The van der Waals surface area contributed by atoms with Crippen molar-refractivity contribution < 1.29 is 41.3 Å². The minimum atomic E-state index is -5.17. The van der Waals surface area contributed by atoms with Gasteiger partial charge < -0.3 is 15.3 Å². The summed E-state index contributed by atoms with van der Waals surface area (Å²) >= 11 is 0. The van der Waals surface area contributed by atoms with Gasteiger partial charge in [0.2, 0.25) is 4.93 Å². The monoisotopic (exact) mass is 366 g/mol. The van der Waals surface area contributed by atoms with Crippen LogP contribution in [0.3, 0.4) is 0 Å². The van der Waals surface area contributed by atoms with Crippen LogP contribution in [0.4, 0.5) is 0 Å². The maximum absolute atomic E-state index is 10.8. The van der Waals surface area contributed by atoms with Gasteiger partial charge in [0, 0.05) is 0 Å². The van der Waals surface area contributed by atoms with Crippen LogP contribution in [0.15, 0.2) is 53.5 Å². The first kappa shape index (κ1) is 19.3. The van der Waals surface area contributed by atoms with E-state index < -0.39 is 36.2 Å². The Kier molecular flexibility index (Phi) is 5.69. The third-order valence-electron chi connectivity index (χ3n) is 2.68. The Labute approximate surface area is 132 Å². The molecule has 23 heavy (non-hydrogen) atoms. The molecule has 9 nitrogen and oxygen atoms in total. The molecule has 0 bridgehead atoms. The van der Waals surface area contributed by atoms with Crippen LogP contribution in [0.1, 0.15) is 0 Å². The minimum Gasteiger partial charge on any atom is -0.508 e. The summed E-state index contributed by atoms with van der Waals surface area (Å²) in [6, 6.07) is 8.71. The highest BCUT2D eigenvalue weighted by atomic mass is 32.2. The van der Waals surface area contributed by atoms with E-state index in [0.717, 1.165) is 0 Å². The molecule has 0 spiro atoms. The number of phenolic OH excluding ortho intramolecular Hbond substituents is 1. The predicted molar refractivity (Wildman–Crippen MR) is 79.4 cm³/mol. The van der Waals surface area contributed by atoms with Crippen molar-refractivity contribution in [1.29, 1.82) is 0 Å². The van der Waals surface area contributed by atoms with E-state index in [0.29, 0.717) is 17.9 Å². The molecular formula is C12H14O9S2. The molecule has 2 rings (SSSR count). The first-order chi connectivity index (χ1) is 10.4. The smallest absolute Gasteiger partial charge is 0.302 e. The number of phenols is 1. The Morgan fingerprint density at radius 3 is 1.87 bits per heavy atom. The summed E-state index contributed by atoms with van der Waals surface area (Å²) in [7, 11) is -9.92. The van der Waals surface area contributed by atoms with Crippen molar-refractivity contribution in [3.05, 3.63) is 53.5 Å². The van der Waals surface area contributed by atoms with Gasteiger partial charge in [0.25, 0.3) is 10.1 Å². The lowest BCUT2D eigenvalue weighted by molar-refractivity contribution is 0.0394. The molecule has 128 valence electrons. The first-order valence-corrected chi connectivity index (χ1v) is 8.76. The molecule has 11 heteroatoms. The summed E-state index contributed by atoms with van der Waals surface area (Å²) in [5.74, 6) is 0.322. The quantitative estimate of drug-likeness (QED) is 0.439. The highest BCUT2D eigenvalue weighted by Gasteiger charge is 2.47.